The highest BCUT2D eigenvalue weighted by atomic mass is 32.2. The van der Waals surface area contributed by atoms with Crippen LogP contribution < -0.4 is 9.47 Å². The van der Waals surface area contributed by atoms with Crippen molar-refractivity contribution >= 4 is 11.8 Å². The molecule has 7 heteroatoms. The van der Waals surface area contributed by atoms with Gasteiger partial charge in [-0.25, -0.2) is 0 Å². The van der Waals surface area contributed by atoms with E-state index in [1.54, 1.807) is 32.2 Å². The molecule has 0 unspecified atom stereocenters. The van der Waals surface area contributed by atoms with Gasteiger partial charge in [-0.1, -0.05) is 23.9 Å². The monoisotopic (exact) mass is 421 g/mol. The lowest BCUT2D eigenvalue weighted by molar-refractivity contribution is 0.414. The van der Waals surface area contributed by atoms with Gasteiger partial charge >= 0.3 is 0 Å². The van der Waals surface area contributed by atoms with Gasteiger partial charge in [0.05, 0.1) is 27.0 Å². The molecule has 0 spiro atoms. The van der Waals surface area contributed by atoms with Crippen molar-refractivity contribution in [3.63, 3.8) is 0 Å². The normalized spacial score (nSPS) is 10.9. The van der Waals surface area contributed by atoms with Crippen LogP contribution in [0.3, 0.4) is 0 Å². The lowest BCUT2D eigenvalue weighted by atomic mass is 10.2. The van der Waals surface area contributed by atoms with Crippen LogP contribution in [0.5, 0.6) is 11.5 Å². The Labute approximate surface area is 179 Å². The van der Waals surface area contributed by atoms with Crippen LogP contribution in [0.15, 0.2) is 76.5 Å². The molecule has 4 rings (SSSR count). The van der Waals surface area contributed by atoms with Crippen molar-refractivity contribution in [3.8, 4) is 22.9 Å². The standard InChI is InChI=1S/C23H23N3O3S/c1-27-19-9-5-17(6-10-19)13-15-30-23-25-24-22(18-7-11-20(28-2)12-8-18)26(23)16-21-4-3-14-29-21/h3-12,14H,13,15-16H2,1-2H3. The van der Waals surface area contributed by atoms with Crippen LogP contribution in [-0.2, 0) is 13.0 Å². The highest BCUT2D eigenvalue weighted by Crippen LogP contribution is 2.27. The zero-order chi connectivity index (χ0) is 20.8. The molecule has 2 aromatic heterocycles. The van der Waals surface area contributed by atoms with Crippen LogP contribution >= 0.6 is 11.8 Å². The van der Waals surface area contributed by atoms with Crippen molar-refractivity contribution in [2.24, 2.45) is 0 Å². The number of hydrogen-bond donors (Lipinski definition) is 0. The molecular formula is C23H23N3O3S. The SMILES string of the molecule is COc1ccc(CCSc2nnc(-c3ccc(OC)cc3)n2Cc2ccco2)cc1. The molecule has 0 fully saturated rings. The Hall–Kier alpha value is -3.19. The third kappa shape index (κ3) is 4.68. The average molecular weight is 422 g/mol. The van der Waals surface area contributed by atoms with E-state index in [0.29, 0.717) is 6.54 Å². The Kier molecular flexibility index (Phi) is 6.39. The van der Waals surface area contributed by atoms with Crippen LogP contribution in [0.1, 0.15) is 11.3 Å². The van der Waals surface area contributed by atoms with E-state index in [1.165, 1.54) is 5.56 Å². The first-order valence-electron chi connectivity index (χ1n) is 9.62. The molecule has 0 amide bonds. The summed E-state index contributed by atoms with van der Waals surface area (Å²) in [5, 5.41) is 9.79. The molecule has 0 aliphatic carbocycles. The third-order valence-electron chi connectivity index (χ3n) is 4.74. The zero-order valence-corrected chi connectivity index (χ0v) is 17.8. The summed E-state index contributed by atoms with van der Waals surface area (Å²) in [5.41, 5.74) is 2.24. The predicted octanol–water partition coefficient (Wildman–Crippen LogP) is 4.94. The molecule has 0 aliphatic rings. The van der Waals surface area contributed by atoms with Crippen LogP contribution in [0.4, 0.5) is 0 Å². The summed E-state index contributed by atoms with van der Waals surface area (Å²) in [6.45, 7) is 0.576. The van der Waals surface area contributed by atoms with E-state index in [1.807, 2.05) is 48.5 Å². The molecule has 154 valence electrons. The summed E-state index contributed by atoms with van der Waals surface area (Å²) in [6, 6.07) is 19.9. The smallest absolute Gasteiger partial charge is 0.191 e. The highest BCUT2D eigenvalue weighted by Gasteiger charge is 2.16. The maximum Gasteiger partial charge on any atom is 0.191 e. The average Bonchev–Trinajstić information content (AvgIpc) is 3.45. The third-order valence-corrected chi connectivity index (χ3v) is 5.71. The summed E-state index contributed by atoms with van der Waals surface area (Å²) in [4.78, 5) is 0. The predicted molar refractivity (Wildman–Crippen MR) is 117 cm³/mol. The first-order valence-corrected chi connectivity index (χ1v) is 10.6. The van der Waals surface area contributed by atoms with E-state index in [4.69, 9.17) is 13.9 Å². The van der Waals surface area contributed by atoms with E-state index in [2.05, 4.69) is 26.9 Å². The first kappa shape index (κ1) is 20.1. The number of methoxy groups -OCH3 is 2. The molecule has 30 heavy (non-hydrogen) atoms. The fraction of sp³-hybridized carbons (Fsp3) is 0.217. The van der Waals surface area contributed by atoms with E-state index < -0.39 is 0 Å². The fourth-order valence-electron chi connectivity index (χ4n) is 3.10. The maximum atomic E-state index is 5.57. The number of furan rings is 1. The minimum absolute atomic E-state index is 0.576. The number of thioether (sulfide) groups is 1. The minimum Gasteiger partial charge on any atom is -0.497 e. The van der Waals surface area contributed by atoms with Crippen LogP contribution in [0.2, 0.25) is 0 Å². The quantitative estimate of drug-likeness (QED) is 0.357. The van der Waals surface area contributed by atoms with Crippen molar-refractivity contribution in [2.45, 2.75) is 18.1 Å². The molecule has 0 radical (unpaired) electrons. The summed E-state index contributed by atoms with van der Waals surface area (Å²) < 4.78 is 18.2. The van der Waals surface area contributed by atoms with Gasteiger partial charge in [-0.2, -0.15) is 0 Å². The van der Waals surface area contributed by atoms with Gasteiger partial charge in [-0.15, -0.1) is 10.2 Å². The van der Waals surface area contributed by atoms with Gasteiger partial charge < -0.3 is 13.9 Å². The molecule has 2 aromatic carbocycles. The van der Waals surface area contributed by atoms with Gasteiger partial charge in [-0.3, -0.25) is 4.57 Å². The van der Waals surface area contributed by atoms with Crippen molar-refractivity contribution in [2.75, 3.05) is 20.0 Å². The Morgan fingerprint density at radius 1 is 0.900 bits per heavy atom. The van der Waals surface area contributed by atoms with Crippen LogP contribution in [-0.4, -0.2) is 34.7 Å². The molecule has 0 bridgehead atoms. The van der Waals surface area contributed by atoms with Crippen LogP contribution in [0, 0.1) is 0 Å². The van der Waals surface area contributed by atoms with Gasteiger partial charge in [0.2, 0.25) is 0 Å². The number of aromatic nitrogens is 3. The minimum atomic E-state index is 0.576. The molecule has 4 aromatic rings. The first-order chi connectivity index (χ1) is 14.8. The van der Waals surface area contributed by atoms with Crippen LogP contribution in [0.25, 0.3) is 11.4 Å². The number of hydrogen-bond acceptors (Lipinski definition) is 6. The fourth-order valence-corrected chi connectivity index (χ4v) is 4.03. The number of benzene rings is 2. The lowest BCUT2D eigenvalue weighted by Crippen LogP contribution is -2.04. The molecule has 0 saturated heterocycles. The zero-order valence-electron chi connectivity index (χ0n) is 16.9. The topological polar surface area (TPSA) is 62.3 Å². The maximum absolute atomic E-state index is 5.57. The number of nitrogens with zero attached hydrogens (tertiary/aromatic N) is 3. The van der Waals surface area contributed by atoms with Gasteiger partial charge in [0.25, 0.3) is 0 Å². The lowest BCUT2D eigenvalue weighted by Gasteiger charge is -2.09. The summed E-state index contributed by atoms with van der Waals surface area (Å²) in [5.74, 6) is 4.24. The van der Waals surface area contributed by atoms with Gasteiger partial charge in [-0.05, 0) is 60.5 Å². The van der Waals surface area contributed by atoms with E-state index in [9.17, 15) is 0 Å². The van der Waals surface area contributed by atoms with Crippen molar-refractivity contribution in [1.29, 1.82) is 0 Å². The molecule has 2 heterocycles. The summed E-state index contributed by atoms with van der Waals surface area (Å²) in [6.07, 6.45) is 2.61. The second-order valence-corrected chi connectivity index (χ2v) is 7.71. The molecular weight excluding hydrogens is 398 g/mol. The van der Waals surface area contributed by atoms with E-state index >= 15 is 0 Å². The van der Waals surface area contributed by atoms with Gasteiger partial charge in [0.15, 0.2) is 11.0 Å². The second kappa shape index (κ2) is 9.54. The largest absolute Gasteiger partial charge is 0.497 e. The van der Waals surface area contributed by atoms with E-state index in [0.717, 1.165) is 46.0 Å². The van der Waals surface area contributed by atoms with Gasteiger partial charge in [0.1, 0.15) is 17.3 Å². The highest BCUT2D eigenvalue weighted by molar-refractivity contribution is 7.99. The Bertz CT molecular complexity index is 1060. The molecule has 0 atom stereocenters. The van der Waals surface area contributed by atoms with Gasteiger partial charge in [0, 0.05) is 11.3 Å². The molecule has 0 saturated carbocycles. The number of rotatable bonds is 9. The second-order valence-electron chi connectivity index (χ2n) is 6.65. The Balaban J connectivity index is 1.53. The molecule has 6 nitrogen and oxygen atoms in total. The Morgan fingerprint density at radius 3 is 2.23 bits per heavy atom. The van der Waals surface area contributed by atoms with Crippen molar-refractivity contribution < 1.29 is 13.9 Å². The summed E-state index contributed by atoms with van der Waals surface area (Å²) in [7, 11) is 3.34. The van der Waals surface area contributed by atoms with Crippen molar-refractivity contribution in [3.05, 3.63) is 78.3 Å². The van der Waals surface area contributed by atoms with E-state index in [-0.39, 0.29) is 0 Å². The number of ether oxygens (including phenoxy) is 2. The summed E-state index contributed by atoms with van der Waals surface area (Å²) >= 11 is 1.69. The van der Waals surface area contributed by atoms with Crippen molar-refractivity contribution in [1.82, 2.24) is 14.8 Å². The molecule has 0 N–H and O–H groups in total. The number of aryl methyl sites for hydroxylation is 1. The Morgan fingerprint density at radius 2 is 1.60 bits per heavy atom. The molecule has 0 aliphatic heterocycles.